The summed E-state index contributed by atoms with van der Waals surface area (Å²) in [5.41, 5.74) is 7.28. The van der Waals surface area contributed by atoms with Crippen molar-refractivity contribution in [3.63, 3.8) is 0 Å². The summed E-state index contributed by atoms with van der Waals surface area (Å²) < 4.78 is 13.8. The zero-order chi connectivity index (χ0) is 25.7. The zero-order valence-corrected chi connectivity index (χ0v) is 21.0. The van der Waals surface area contributed by atoms with Crippen molar-refractivity contribution in [2.45, 2.75) is 29.6 Å². The van der Waals surface area contributed by atoms with E-state index in [0.29, 0.717) is 51.7 Å². The van der Waals surface area contributed by atoms with E-state index < -0.39 is 6.17 Å². The minimum absolute atomic E-state index is 0.269. The number of alkyl halides is 1. The van der Waals surface area contributed by atoms with Gasteiger partial charge in [-0.25, -0.2) is 14.4 Å². The fraction of sp³-hybridized carbons (Fsp3) is 0.200. The molecule has 2 heterocycles. The topological polar surface area (TPSA) is 120 Å². The van der Waals surface area contributed by atoms with Crippen molar-refractivity contribution in [1.29, 1.82) is 5.41 Å². The Hall–Kier alpha value is -3.63. The second-order valence-electron chi connectivity index (χ2n) is 8.19. The smallest absolute Gasteiger partial charge is 0.257 e. The van der Waals surface area contributed by atoms with Gasteiger partial charge in [0.25, 0.3) is 5.91 Å². The Balaban J connectivity index is 1.51. The van der Waals surface area contributed by atoms with Crippen molar-refractivity contribution in [1.82, 2.24) is 9.97 Å². The predicted molar refractivity (Wildman–Crippen MR) is 143 cm³/mol. The van der Waals surface area contributed by atoms with Gasteiger partial charge in [0.1, 0.15) is 23.6 Å². The molecule has 2 aromatic carbocycles. The molecule has 0 aliphatic carbocycles. The monoisotopic (exact) mass is 525 g/mol. The summed E-state index contributed by atoms with van der Waals surface area (Å²) in [5, 5.41) is 14.2. The van der Waals surface area contributed by atoms with Crippen LogP contribution < -0.4 is 21.3 Å². The number of aromatic nitrogens is 2. The van der Waals surface area contributed by atoms with E-state index in [1.54, 1.807) is 49.4 Å². The number of benzene rings is 2. The molecule has 8 nitrogen and oxygen atoms in total. The summed E-state index contributed by atoms with van der Waals surface area (Å²) in [7, 11) is 0. The first-order valence-corrected chi connectivity index (χ1v) is 12.4. The number of hydrogen-bond acceptors (Lipinski definition) is 8. The van der Waals surface area contributed by atoms with Gasteiger partial charge in [0.15, 0.2) is 5.16 Å². The Kier molecular flexibility index (Phi) is 8.07. The Morgan fingerprint density at radius 2 is 1.97 bits per heavy atom. The minimum atomic E-state index is -0.897. The summed E-state index contributed by atoms with van der Waals surface area (Å²) in [6, 6.07) is 15.8. The number of amides is 1. The number of nitrogens with one attached hydrogen (secondary N) is 3. The lowest BCUT2D eigenvalue weighted by Crippen LogP contribution is -2.22. The van der Waals surface area contributed by atoms with E-state index >= 15 is 0 Å². The molecule has 1 amide bonds. The fourth-order valence-electron chi connectivity index (χ4n) is 3.58. The van der Waals surface area contributed by atoms with Gasteiger partial charge in [0.05, 0.1) is 17.1 Å². The van der Waals surface area contributed by atoms with Gasteiger partial charge < -0.3 is 26.7 Å². The number of anilines is 3. The highest BCUT2D eigenvalue weighted by molar-refractivity contribution is 7.99. The van der Waals surface area contributed by atoms with Crippen LogP contribution in [0.2, 0.25) is 5.02 Å². The number of rotatable bonds is 8. The highest BCUT2D eigenvalue weighted by Crippen LogP contribution is 2.30. The van der Waals surface area contributed by atoms with Gasteiger partial charge in [-0.1, -0.05) is 23.7 Å². The molecule has 0 saturated carbocycles. The summed E-state index contributed by atoms with van der Waals surface area (Å²) in [6.45, 7) is 2.45. The standard InChI is InChI=1S/C25H25ClFN7OS/c1-15(28)12-21(29)31-22-13-23(34-11-10-16(27)14-34)33-25(32-22)36-18-8-6-17(7-9-18)30-24(35)19-4-2-3-5-20(19)26/h2-9,12-13,16,28H,10-11,14,29H2,1H3,(H,30,35)(H,31,32,33)/b21-12+,28-15?/t16-/m0/s1. The van der Waals surface area contributed by atoms with Gasteiger partial charge in [0.2, 0.25) is 0 Å². The van der Waals surface area contributed by atoms with Crippen LogP contribution in [-0.4, -0.2) is 40.8 Å². The van der Waals surface area contributed by atoms with Crippen LogP contribution in [0.5, 0.6) is 0 Å². The zero-order valence-electron chi connectivity index (χ0n) is 19.5. The molecule has 1 aliphatic heterocycles. The molecule has 36 heavy (non-hydrogen) atoms. The van der Waals surface area contributed by atoms with Crippen molar-refractivity contribution in [3.8, 4) is 0 Å². The molecule has 0 bridgehead atoms. The molecule has 5 N–H and O–H groups in total. The second kappa shape index (κ2) is 11.4. The van der Waals surface area contributed by atoms with E-state index in [-0.39, 0.29) is 18.3 Å². The average Bonchev–Trinajstić information content (AvgIpc) is 3.26. The van der Waals surface area contributed by atoms with Crippen molar-refractivity contribution < 1.29 is 9.18 Å². The molecular weight excluding hydrogens is 501 g/mol. The maximum atomic E-state index is 13.8. The molecule has 1 aliphatic rings. The van der Waals surface area contributed by atoms with Crippen molar-refractivity contribution >= 4 is 52.3 Å². The lowest BCUT2D eigenvalue weighted by atomic mass is 10.2. The minimum Gasteiger partial charge on any atom is -0.385 e. The van der Waals surface area contributed by atoms with E-state index in [2.05, 4.69) is 20.6 Å². The molecule has 1 fully saturated rings. The normalized spacial score (nSPS) is 15.6. The van der Waals surface area contributed by atoms with Gasteiger partial charge in [-0.2, -0.15) is 0 Å². The van der Waals surface area contributed by atoms with E-state index in [0.717, 1.165) is 4.90 Å². The number of nitrogens with two attached hydrogens (primary N) is 1. The van der Waals surface area contributed by atoms with Crippen LogP contribution in [0.4, 0.5) is 21.7 Å². The van der Waals surface area contributed by atoms with Gasteiger partial charge in [-0.3, -0.25) is 4.79 Å². The fourth-order valence-corrected chi connectivity index (χ4v) is 4.57. The van der Waals surface area contributed by atoms with Crippen LogP contribution in [0.25, 0.3) is 0 Å². The number of carbonyl (C=O) groups excluding carboxylic acids is 1. The highest BCUT2D eigenvalue weighted by atomic mass is 35.5. The van der Waals surface area contributed by atoms with Crippen LogP contribution in [0.1, 0.15) is 23.7 Å². The van der Waals surface area contributed by atoms with Crippen LogP contribution in [-0.2, 0) is 0 Å². The number of halogens is 2. The van der Waals surface area contributed by atoms with Crippen LogP contribution in [0.3, 0.4) is 0 Å². The van der Waals surface area contributed by atoms with Crippen molar-refractivity contribution in [3.05, 3.63) is 77.1 Å². The first-order valence-electron chi connectivity index (χ1n) is 11.2. The first-order chi connectivity index (χ1) is 17.3. The van der Waals surface area contributed by atoms with E-state index in [9.17, 15) is 9.18 Å². The summed E-state index contributed by atoms with van der Waals surface area (Å²) in [4.78, 5) is 24.4. The predicted octanol–water partition coefficient (Wildman–Crippen LogP) is 5.33. The van der Waals surface area contributed by atoms with Crippen LogP contribution in [0, 0.1) is 5.41 Å². The van der Waals surface area contributed by atoms with Gasteiger partial charge in [-0.15, -0.1) is 0 Å². The van der Waals surface area contributed by atoms with Crippen molar-refractivity contribution in [2.24, 2.45) is 5.73 Å². The van der Waals surface area contributed by atoms with Gasteiger partial charge >= 0.3 is 0 Å². The molecule has 1 saturated heterocycles. The molecule has 4 rings (SSSR count). The second-order valence-corrected chi connectivity index (χ2v) is 9.64. The molecule has 0 spiro atoms. The largest absolute Gasteiger partial charge is 0.385 e. The Labute approximate surface area is 217 Å². The third-order valence-electron chi connectivity index (χ3n) is 5.23. The number of hydrogen-bond donors (Lipinski definition) is 4. The summed E-state index contributed by atoms with van der Waals surface area (Å²) in [5.74, 6) is 1.02. The third kappa shape index (κ3) is 6.73. The average molecular weight is 526 g/mol. The van der Waals surface area contributed by atoms with E-state index in [1.165, 1.54) is 17.8 Å². The SMILES string of the molecule is CC(=N)/C=C(\N)Nc1cc(N2CC[C@H](F)C2)nc(Sc2ccc(NC(=O)c3ccccc3Cl)cc2)n1. The van der Waals surface area contributed by atoms with E-state index in [4.69, 9.17) is 22.7 Å². The number of nitrogens with zero attached hydrogens (tertiary/aromatic N) is 3. The first kappa shape index (κ1) is 25.5. The highest BCUT2D eigenvalue weighted by Gasteiger charge is 2.24. The Bertz CT molecular complexity index is 1300. The third-order valence-corrected chi connectivity index (χ3v) is 6.43. The lowest BCUT2D eigenvalue weighted by molar-refractivity contribution is 0.102. The number of carbonyl (C=O) groups is 1. The number of allylic oxidation sites excluding steroid dienone is 1. The van der Waals surface area contributed by atoms with Gasteiger partial charge in [-0.05, 0) is 67.6 Å². The summed E-state index contributed by atoms with van der Waals surface area (Å²) in [6.07, 6.45) is 1.04. The van der Waals surface area contributed by atoms with Crippen molar-refractivity contribution in [2.75, 3.05) is 28.6 Å². The molecule has 0 unspecified atom stereocenters. The van der Waals surface area contributed by atoms with Gasteiger partial charge in [0, 0.05) is 28.9 Å². The molecule has 3 aromatic rings. The lowest BCUT2D eigenvalue weighted by Gasteiger charge is -2.18. The maximum Gasteiger partial charge on any atom is 0.257 e. The maximum absolute atomic E-state index is 13.8. The Morgan fingerprint density at radius 1 is 1.22 bits per heavy atom. The molecule has 1 atom stereocenters. The van der Waals surface area contributed by atoms with Crippen LogP contribution in [0.15, 0.2) is 76.5 Å². The molecular formula is C25H25ClFN7OS. The van der Waals surface area contributed by atoms with E-state index in [1.807, 2.05) is 17.0 Å². The quantitative estimate of drug-likeness (QED) is 0.231. The Morgan fingerprint density at radius 3 is 2.64 bits per heavy atom. The molecule has 0 radical (unpaired) electrons. The van der Waals surface area contributed by atoms with Crippen LogP contribution >= 0.6 is 23.4 Å². The molecule has 1 aromatic heterocycles. The molecule has 11 heteroatoms. The summed E-state index contributed by atoms with van der Waals surface area (Å²) >= 11 is 7.43. The molecule has 186 valence electrons.